The number of ether oxygens (including phenoxy) is 3. The van der Waals surface area contributed by atoms with Crippen molar-refractivity contribution in [2.45, 2.75) is 24.5 Å². The normalized spacial score (nSPS) is 14.4. The maximum absolute atomic E-state index is 14.4. The molecule has 0 bridgehead atoms. The zero-order valence-corrected chi connectivity index (χ0v) is 28.3. The second kappa shape index (κ2) is 14.5. The number of methoxy groups -OCH3 is 1. The topological polar surface area (TPSA) is 79.1 Å². The minimum atomic E-state index is -0.760. The van der Waals surface area contributed by atoms with E-state index < -0.39 is 12.0 Å². The number of carbonyl (C=O) groups excluding carboxylic acids is 1. The molecular formula is C37H31ClN2O5S2. The van der Waals surface area contributed by atoms with E-state index in [1.165, 1.54) is 11.3 Å². The summed E-state index contributed by atoms with van der Waals surface area (Å²) in [5.41, 5.74) is 3.62. The van der Waals surface area contributed by atoms with Gasteiger partial charge in [0.1, 0.15) is 6.61 Å². The summed E-state index contributed by atoms with van der Waals surface area (Å²) in [4.78, 5) is 34.6. The van der Waals surface area contributed by atoms with Gasteiger partial charge in [0.2, 0.25) is 0 Å². The van der Waals surface area contributed by atoms with Gasteiger partial charge in [-0.25, -0.2) is 9.79 Å². The highest BCUT2D eigenvalue weighted by molar-refractivity contribution is 7.98. The highest BCUT2D eigenvalue weighted by atomic mass is 35.5. The lowest BCUT2D eigenvalue weighted by Crippen LogP contribution is -2.40. The predicted octanol–water partition coefficient (Wildman–Crippen LogP) is 6.90. The van der Waals surface area contributed by atoms with Crippen molar-refractivity contribution in [2.24, 2.45) is 4.99 Å². The standard InChI is InChI=1S/C37H31ClN2O5S2/c1-4-44-36(42)31-32(24-9-6-5-7-10-24)39-37-40(33(31)25-15-19-28(46-3)20-16-25)35(41)30(47-37)21-26-11-8-12-29(43-2)34(26)45-22-23-13-17-27(38)18-14-23/h5-21,33H,4,22H2,1-3H3/b30-21-/t33-/m1/s1. The van der Waals surface area contributed by atoms with E-state index in [9.17, 15) is 9.59 Å². The molecule has 1 aromatic heterocycles. The van der Waals surface area contributed by atoms with Gasteiger partial charge in [-0.1, -0.05) is 89.7 Å². The summed E-state index contributed by atoms with van der Waals surface area (Å²) in [6.07, 6.45) is 3.79. The summed E-state index contributed by atoms with van der Waals surface area (Å²) in [6.45, 7) is 2.22. The quantitative estimate of drug-likeness (QED) is 0.118. The number of esters is 1. The lowest BCUT2D eigenvalue weighted by Gasteiger charge is -2.26. The van der Waals surface area contributed by atoms with Crippen LogP contribution in [0.3, 0.4) is 0 Å². The van der Waals surface area contributed by atoms with Crippen LogP contribution in [0.15, 0.2) is 117 Å². The summed E-state index contributed by atoms with van der Waals surface area (Å²) in [7, 11) is 1.58. The Morgan fingerprint density at radius 2 is 1.74 bits per heavy atom. The molecule has 1 atom stereocenters. The maximum atomic E-state index is 14.4. The first-order chi connectivity index (χ1) is 22.9. The van der Waals surface area contributed by atoms with Crippen molar-refractivity contribution in [1.29, 1.82) is 0 Å². The minimum Gasteiger partial charge on any atom is -0.493 e. The number of thiazole rings is 1. The summed E-state index contributed by atoms with van der Waals surface area (Å²) in [6, 6.07) is 29.6. The molecule has 6 rings (SSSR count). The Kier molecular flexibility index (Phi) is 9.96. The number of para-hydroxylation sites is 1. The minimum absolute atomic E-state index is 0.182. The van der Waals surface area contributed by atoms with E-state index in [0.717, 1.165) is 21.6 Å². The number of benzene rings is 4. The van der Waals surface area contributed by atoms with Gasteiger partial charge in [-0.15, -0.1) is 11.8 Å². The van der Waals surface area contributed by atoms with E-state index in [1.54, 1.807) is 36.4 Å². The first kappa shape index (κ1) is 32.4. The van der Waals surface area contributed by atoms with Crippen LogP contribution in [0.5, 0.6) is 11.5 Å². The summed E-state index contributed by atoms with van der Waals surface area (Å²) in [5, 5.41) is 0.641. The largest absolute Gasteiger partial charge is 0.493 e. The summed E-state index contributed by atoms with van der Waals surface area (Å²) < 4.78 is 19.5. The molecule has 2 heterocycles. The van der Waals surface area contributed by atoms with Gasteiger partial charge in [0.05, 0.1) is 35.6 Å². The highest BCUT2D eigenvalue weighted by Gasteiger charge is 2.35. The van der Waals surface area contributed by atoms with Gasteiger partial charge in [0.25, 0.3) is 5.56 Å². The first-order valence-corrected chi connectivity index (χ1v) is 17.3. The molecule has 7 nitrogen and oxygen atoms in total. The smallest absolute Gasteiger partial charge is 0.338 e. The number of nitrogens with zero attached hydrogens (tertiary/aromatic N) is 2. The average Bonchev–Trinajstić information content (AvgIpc) is 3.41. The monoisotopic (exact) mass is 682 g/mol. The van der Waals surface area contributed by atoms with Crippen LogP contribution < -0.4 is 24.4 Å². The Labute approximate surface area is 285 Å². The molecular weight excluding hydrogens is 652 g/mol. The number of fused-ring (bicyclic) bond motifs is 1. The fourth-order valence-electron chi connectivity index (χ4n) is 5.38. The third-order valence-electron chi connectivity index (χ3n) is 7.62. The van der Waals surface area contributed by atoms with Gasteiger partial charge in [-0.05, 0) is 60.7 Å². The predicted molar refractivity (Wildman–Crippen MR) is 188 cm³/mol. The number of rotatable bonds is 10. The number of hydrogen-bond donors (Lipinski definition) is 0. The Balaban J connectivity index is 1.54. The van der Waals surface area contributed by atoms with Crippen LogP contribution >= 0.6 is 34.7 Å². The van der Waals surface area contributed by atoms with Crippen LogP contribution in [0.2, 0.25) is 5.02 Å². The van der Waals surface area contributed by atoms with Gasteiger partial charge < -0.3 is 14.2 Å². The van der Waals surface area contributed by atoms with Gasteiger partial charge in [-0.2, -0.15) is 0 Å². The number of halogens is 1. The van der Waals surface area contributed by atoms with Gasteiger partial charge in [-0.3, -0.25) is 9.36 Å². The number of aromatic nitrogens is 1. The van der Waals surface area contributed by atoms with Crippen LogP contribution in [-0.2, 0) is 16.1 Å². The number of hydrogen-bond acceptors (Lipinski definition) is 8. The molecule has 0 saturated heterocycles. The lowest BCUT2D eigenvalue weighted by atomic mass is 9.93. The second-order valence-corrected chi connectivity index (χ2v) is 12.8. The van der Waals surface area contributed by atoms with Crippen LogP contribution in [0.4, 0.5) is 0 Å². The van der Waals surface area contributed by atoms with Crippen molar-refractivity contribution in [3.63, 3.8) is 0 Å². The molecule has 0 aliphatic carbocycles. The van der Waals surface area contributed by atoms with Crippen molar-refractivity contribution >= 4 is 52.4 Å². The van der Waals surface area contributed by atoms with Crippen molar-refractivity contribution in [3.8, 4) is 11.5 Å². The van der Waals surface area contributed by atoms with Gasteiger partial charge in [0, 0.05) is 21.0 Å². The molecule has 10 heteroatoms. The van der Waals surface area contributed by atoms with E-state index in [1.807, 2.05) is 103 Å². The zero-order chi connectivity index (χ0) is 32.9. The fourth-order valence-corrected chi connectivity index (χ4v) is 6.91. The Bertz CT molecular complexity index is 2120. The molecule has 1 aliphatic heterocycles. The van der Waals surface area contributed by atoms with Crippen molar-refractivity contribution in [3.05, 3.63) is 150 Å². The molecule has 0 amide bonds. The fraction of sp³-hybridized carbons (Fsp3) is 0.162. The second-order valence-electron chi connectivity index (χ2n) is 10.5. The number of carbonyl (C=O) groups is 1. The maximum Gasteiger partial charge on any atom is 0.338 e. The lowest BCUT2D eigenvalue weighted by molar-refractivity contribution is -0.138. The van der Waals surface area contributed by atoms with E-state index in [-0.39, 0.29) is 18.8 Å². The molecule has 0 saturated carbocycles. The van der Waals surface area contributed by atoms with Crippen molar-refractivity contribution in [1.82, 2.24) is 4.57 Å². The molecule has 0 N–H and O–H groups in total. The average molecular weight is 683 g/mol. The van der Waals surface area contributed by atoms with E-state index >= 15 is 0 Å². The van der Waals surface area contributed by atoms with Crippen LogP contribution in [0, 0.1) is 0 Å². The van der Waals surface area contributed by atoms with E-state index in [0.29, 0.717) is 42.7 Å². The van der Waals surface area contributed by atoms with Crippen LogP contribution in [0.1, 0.15) is 35.2 Å². The Morgan fingerprint density at radius 3 is 2.43 bits per heavy atom. The Morgan fingerprint density at radius 1 is 1.00 bits per heavy atom. The molecule has 0 spiro atoms. The van der Waals surface area contributed by atoms with Gasteiger partial charge >= 0.3 is 5.97 Å². The SMILES string of the molecule is CCOC(=O)C1=C(c2ccccc2)N=c2s/c(=C\c3cccc(OC)c3OCc3ccc(Cl)cc3)c(=O)n2[C@@H]1c1ccc(SC)cc1. The third-order valence-corrected chi connectivity index (χ3v) is 9.60. The van der Waals surface area contributed by atoms with E-state index in [4.69, 9.17) is 30.8 Å². The Hall–Kier alpha value is -4.57. The zero-order valence-electron chi connectivity index (χ0n) is 25.9. The molecule has 0 unspecified atom stereocenters. The van der Waals surface area contributed by atoms with Crippen molar-refractivity contribution < 1.29 is 19.0 Å². The summed E-state index contributed by atoms with van der Waals surface area (Å²) >= 11 is 8.94. The molecule has 0 radical (unpaired) electrons. The molecule has 5 aromatic rings. The third kappa shape index (κ3) is 6.79. The molecule has 238 valence electrons. The van der Waals surface area contributed by atoms with Crippen LogP contribution in [-0.4, -0.2) is 30.5 Å². The molecule has 47 heavy (non-hydrogen) atoms. The highest BCUT2D eigenvalue weighted by Crippen LogP contribution is 2.36. The summed E-state index contributed by atoms with van der Waals surface area (Å²) in [5.74, 6) is 0.509. The van der Waals surface area contributed by atoms with Gasteiger partial charge in [0.15, 0.2) is 16.3 Å². The first-order valence-electron chi connectivity index (χ1n) is 14.9. The molecule has 4 aromatic carbocycles. The number of thioether (sulfide) groups is 1. The van der Waals surface area contributed by atoms with Crippen LogP contribution in [0.25, 0.3) is 11.8 Å². The molecule has 1 aliphatic rings. The van der Waals surface area contributed by atoms with Crippen molar-refractivity contribution in [2.75, 3.05) is 20.0 Å². The van der Waals surface area contributed by atoms with E-state index in [2.05, 4.69) is 0 Å². The molecule has 0 fully saturated rings.